The molecular weight excluding hydrogens is 478 g/mol. The van der Waals surface area contributed by atoms with Gasteiger partial charge in [-0.2, -0.15) is 5.10 Å². The monoisotopic (exact) mass is 512 g/mol. The van der Waals surface area contributed by atoms with Gasteiger partial charge in [0.15, 0.2) is 17.4 Å². The van der Waals surface area contributed by atoms with Crippen molar-refractivity contribution in [1.82, 2.24) is 9.78 Å². The number of halogens is 2. The van der Waals surface area contributed by atoms with Gasteiger partial charge < -0.3 is 15.3 Å². The number of carbonyl (C=O) groups is 1. The number of hydrogen-bond acceptors (Lipinski definition) is 5. The van der Waals surface area contributed by atoms with Gasteiger partial charge in [0.05, 0.1) is 23.7 Å². The average molecular weight is 513 g/mol. The maximum absolute atomic E-state index is 14.0. The highest BCUT2D eigenvalue weighted by atomic mass is 19.2. The third-order valence-electron chi connectivity index (χ3n) is 10.7. The van der Waals surface area contributed by atoms with E-state index in [0.29, 0.717) is 31.4 Å². The standard InChI is InChI=1S/C29H34F2N2O4/c1-3-28-12-16-14-32-33(18-5-7-21(30)22(31)11-18)23(16)10-17(28)4-6-19-20-8-9-29(37,25(36)15-34)27(20,2)13-24(35)26(19)28/h5,7,10-11,14,19-20,24,26,34-35,37H,3-4,6,8-9,12-13,15H2,1-2H3/t19-,20-,24-,26+,27-,28-,29-/m0/s1. The maximum atomic E-state index is 14.0. The number of hydrogen-bond donors (Lipinski definition) is 3. The minimum absolute atomic E-state index is 0.0260. The molecule has 0 saturated heterocycles. The molecule has 2 aromatic rings. The zero-order valence-electron chi connectivity index (χ0n) is 21.3. The predicted molar refractivity (Wildman–Crippen MR) is 133 cm³/mol. The van der Waals surface area contributed by atoms with Gasteiger partial charge in [-0.15, -0.1) is 0 Å². The first-order valence-corrected chi connectivity index (χ1v) is 13.4. The largest absolute Gasteiger partial charge is 0.393 e. The van der Waals surface area contributed by atoms with Crippen molar-refractivity contribution >= 4 is 11.9 Å². The van der Waals surface area contributed by atoms with Crippen LogP contribution in [0.4, 0.5) is 8.78 Å². The number of benzene rings is 1. The number of ketones is 1. The Morgan fingerprint density at radius 2 is 2.03 bits per heavy atom. The van der Waals surface area contributed by atoms with Crippen molar-refractivity contribution in [3.63, 3.8) is 0 Å². The summed E-state index contributed by atoms with van der Waals surface area (Å²) >= 11 is 0. The molecule has 0 spiro atoms. The van der Waals surface area contributed by atoms with Crippen molar-refractivity contribution in [2.24, 2.45) is 28.6 Å². The summed E-state index contributed by atoms with van der Waals surface area (Å²) in [6.07, 6.45) is 7.74. The summed E-state index contributed by atoms with van der Waals surface area (Å²) in [6.45, 7) is 3.38. The van der Waals surface area contributed by atoms with Gasteiger partial charge in [0.1, 0.15) is 12.2 Å². The molecular formula is C29H34F2N2O4. The van der Waals surface area contributed by atoms with Crippen LogP contribution < -0.4 is 0 Å². The quantitative estimate of drug-likeness (QED) is 0.576. The number of carbonyl (C=O) groups excluding carboxylic acids is 1. The molecule has 0 aliphatic heterocycles. The summed E-state index contributed by atoms with van der Waals surface area (Å²) in [5.74, 6) is -2.16. The van der Waals surface area contributed by atoms with E-state index in [9.17, 15) is 28.9 Å². The van der Waals surface area contributed by atoms with Crippen LogP contribution >= 0.6 is 0 Å². The Labute approximate surface area is 215 Å². The first-order chi connectivity index (χ1) is 17.6. The van der Waals surface area contributed by atoms with E-state index in [4.69, 9.17) is 0 Å². The smallest absolute Gasteiger partial charge is 0.190 e. The zero-order valence-corrected chi connectivity index (χ0v) is 21.3. The van der Waals surface area contributed by atoms with Crippen LogP contribution in [0.5, 0.6) is 0 Å². The number of aliphatic hydroxyl groups excluding tert-OH is 2. The molecule has 4 aliphatic rings. The average Bonchev–Trinajstić information content (AvgIpc) is 3.41. The lowest BCUT2D eigenvalue weighted by Crippen LogP contribution is -2.62. The van der Waals surface area contributed by atoms with Gasteiger partial charge in [0.25, 0.3) is 0 Å². The topological polar surface area (TPSA) is 95.6 Å². The van der Waals surface area contributed by atoms with E-state index in [2.05, 4.69) is 18.1 Å². The van der Waals surface area contributed by atoms with Gasteiger partial charge in [0.2, 0.25) is 0 Å². The summed E-state index contributed by atoms with van der Waals surface area (Å²) in [5.41, 5.74) is 0.912. The van der Waals surface area contributed by atoms with Gasteiger partial charge in [-0.25, -0.2) is 13.5 Å². The van der Waals surface area contributed by atoms with Crippen molar-refractivity contribution < 1.29 is 28.9 Å². The number of Topliss-reactive ketones (excluding diaryl/α,β-unsaturated/α-hetero) is 1. The molecule has 198 valence electrons. The summed E-state index contributed by atoms with van der Waals surface area (Å²) in [7, 11) is 0. The Bertz CT molecular complexity index is 1310. The molecule has 4 aliphatic carbocycles. The Morgan fingerprint density at radius 3 is 2.73 bits per heavy atom. The fourth-order valence-corrected chi connectivity index (χ4v) is 8.96. The predicted octanol–water partition coefficient (Wildman–Crippen LogP) is 3.99. The van der Waals surface area contributed by atoms with Gasteiger partial charge in [-0.05, 0) is 86.5 Å². The van der Waals surface area contributed by atoms with Crippen molar-refractivity contribution in [1.29, 1.82) is 0 Å². The molecule has 6 rings (SSSR count). The van der Waals surface area contributed by atoms with Crippen LogP contribution in [0, 0.1) is 40.2 Å². The van der Waals surface area contributed by atoms with Gasteiger partial charge in [-0.1, -0.05) is 19.4 Å². The molecule has 0 bridgehead atoms. The van der Waals surface area contributed by atoms with Crippen molar-refractivity contribution in [3.05, 3.63) is 52.9 Å². The SMILES string of the molecule is CC[C@]12Cc3cnn(-c4ccc(F)c(F)c4)c3C=C1CC[C@@H]1[C@@H]2[C@@H](O)C[C@@]2(C)[C@H]1CC[C@]2(O)C(=O)CO. The fourth-order valence-electron chi connectivity index (χ4n) is 8.96. The van der Waals surface area contributed by atoms with E-state index < -0.39 is 41.1 Å². The van der Waals surface area contributed by atoms with Crippen LogP contribution in [-0.2, 0) is 11.2 Å². The Balaban J connectivity index is 1.39. The molecule has 0 amide bonds. The first-order valence-electron chi connectivity index (χ1n) is 13.4. The lowest BCUT2D eigenvalue weighted by Gasteiger charge is -2.61. The van der Waals surface area contributed by atoms with Crippen LogP contribution in [-0.4, -0.2) is 49.2 Å². The molecule has 8 heteroatoms. The van der Waals surface area contributed by atoms with E-state index in [-0.39, 0.29) is 23.2 Å². The summed E-state index contributed by atoms with van der Waals surface area (Å²) < 4.78 is 29.2. The molecule has 3 N–H and O–H groups in total. The molecule has 7 atom stereocenters. The zero-order chi connectivity index (χ0) is 26.3. The Hall–Kier alpha value is -2.42. The lowest BCUT2D eigenvalue weighted by atomic mass is 9.44. The highest BCUT2D eigenvalue weighted by molar-refractivity contribution is 5.89. The van der Waals surface area contributed by atoms with Crippen LogP contribution in [0.2, 0.25) is 0 Å². The molecule has 37 heavy (non-hydrogen) atoms. The van der Waals surface area contributed by atoms with Crippen molar-refractivity contribution in [2.45, 2.75) is 70.5 Å². The van der Waals surface area contributed by atoms with E-state index in [1.165, 1.54) is 11.6 Å². The third kappa shape index (κ3) is 3.18. The molecule has 3 fully saturated rings. The van der Waals surface area contributed by atoms with E-state index in [1.807, 2.05) is 6.92 Å². The second-order valence-corrected chi connectivity index (χ2v) is 11.9. The number of aliphatic hydroxyl groups is 3. The number of nitrogens with zero attached hydrogens (tertiary/aromatic N) is 2. The molecule has 1 heterocycles. The van der Waals surface area contributed by atoms with Gasteiger partial charge >= 0.3 is 0 Å². The van der Waals surface area contributed by atoms with E-state index in [0.717, 1.165) is 42.7 Å². The van der Waals surface area contributed by atoms with Crippen LogP contribution in [0.25, 0.3) is 11.8 Å². The molecule has 1 aromatic heterocycles. The highest BCUT2D eigenvalue weighted by Gasteiger charge is 2.68. The molecule has 3 saturated carbocycles. The highest BCUT2D eigenvalue weighted by Crippen LogP contribution is 2.68. The number of rotatable bonds is 4. The number of aromatic nitrogens is 2. The maximum Gasteiger partial charge on any atom is 0.190 e. The van der Waals surface area contributed by atoms with E-state index in [1.54, 1.807) is 10.9 Å². The van der Waals surface area contributed by atoms with Crippen LogP contribution in [0.15, 0.2) is 30.0 Å². The minimum atomic E-state index is -1.61. The molecule has 0 unspecified atom stereocenters. The lowest BCUT2D eigenvalue weighted by molar-refractivity contribution is -0.182. The molecule has 0 radical (unpaired) electrons. The Kier molecular flexibility index (Phi) is 5.58. The molecule has 1 aromatic carbocycles. The Morgan fingerprint density at radius 1 is 1.24 bits per heavy atom. The minimum Gasteiger partial charge on any atom is -0.393 e. The normalized spacial score (nSPS) is 38.3. The van der Waals surface area contributed by atoms with Crippen molar-refractivity contribution in [3.8, 4) is 5.69 Å². The first kappa shape index (κ1) is 24.9. The third-order valence-corrected chi connectivity index (χ3v) is 10.7. The summed E-state index contributed by atoms with van der Waals surface area (Å²) in [6, 6.07) is 3.78. The second-order valence-electron chi connectivity index (χ2n) is 11.9. The van der Waals surface area contributed by atoms with Gasteiger partial charge in [-0.3, -0.25) is 4.79 Å². The molecule has 6 nitrogen and oxygen atoms in total. The second kappa shape index (κ2) is 8.29. The van der Waals surface area contributed by atoms with Gasteiger partial charge in [0, 0.05) is 16.9 Å². The van der Waals surface area contributed by atoms with E-state index >= 15 is 0 Å². The summed E-state index contributed by atoms with van der Waals surface area (Å²) in [5, 5.41) is 37.3. The summed E-state index contributed by atoms with van der Waals surface area (Å²) in [4.78, 5) is 12.7. The fraction of sp³-hybridized carbons (Fsp3) is 0.586. The van der Waals surface area contributed by atoms with Crippen LogP contribution in [0.3, 0.4) is 0 Å². The number of fused-ring (bicyclic) bond motifs is 6. The van der Waals surface area contributed by atoms with Crippen molar-refractivity contribution in [2.75, 3.05) is 6.61 Å². The van der Waals surface area contributed by atoms with Crippen LogP contribution in [0.1, 0.15) is 63.6 Å². The number of allylic oxidation sites excluding steroid dienone is 1.